The van der Waals surface area contributed by atoms with Crippen LogP contribution >= 0.6 is 0 Å². The second kappa shape index (κ2) is 7.92. The first-order valence-electron chi connectivity index (χ1n) is 8.64. The Bertz CT molecular complexity index is 702. The van der Waals surface area contributed by atoms with Crippen LogP contribution in [0, 0.1) is 5.92 Å². The molecular formula is C18H21F3N2O2S. The number of carbonyl (C=O) groups excluding carboxylic acids is 1. The Labute approximate surface area is 153 Å². The number of carbonyl (C=O) groups is 1. The molecule has 0 aromatic heterocycles. The first kappa shape index (κ1) is 19.1. The smallest absolute Gasteiger partial charge is 0.352 e. The molecule has 1 saturated heterocycles. The Kier molecular flexibility index (Phi) is 5.82. The first-order valence-corrected chi connectivity index (χ1v) is 9.75. The van der Waals surface area contributed by atoms with Gasteiger partial charge in [-0.3, -0.25) is 4.79 Å². The number of piperidine rings is 1. The summed E-state index contributed by atoms with van der Waals surface area (Å²) in [6.07, 6.45) is 0.848. The molecule has 2 aliphatic rings. The van der Waals surface area contributed by atoms with E-state index in [9.17, 15) is 22.2 Å². The van der Waals surface area contributed by atoms with Crippen LogP contribution in [0.2, 0.25) is 0 Å². The van der Waals surface area contributed by atoms with E-state index in [2.05, 4.69) is 5.32 Å². The lowest BCUT2D eigenvalue weighted by atomic mass is 10.1. The zero-order valence-electron chi connectivity index (χ0n) is 14.2. The molecule has 3 rings (SSSR count). The number of hydrogen-bond donors (Lipinski definition) is 1. The molecule has 26 heavy (non-hydrogen) atoms. The standard InChI is InChI=1S/C18H21F3N2O2S/c19-18(20,21)15-3-5-16(6-4-15)26(25)23-9-7-13(8-10-23)11-17(24)22-12-14-1-2-14/h3-6,11,14H,1-2,7-10,12H2,(H,22,24). The minimum Gasteiger partial charge on any atom is -0.352 e. The van der Waals surface area contributed by atoms with Gasteiger partial charge in [-0.25, -0.2) is 8.51 Å². The molecule has 1 aromatic rings. The average molecular weight is 386 g/mol. The Morgan fingerprint density at radius 2 is 1.81 bits per heavy atom. The third-order valence-corrected chi connectivity index (χ3v) is 6.09. The fraction of sp³-hybridized carbons (Fsp3) is 0.500. The van der Waals surface area contributed by atoms with Crippen molar-refractivity contribution >= 4 is 16.9 Å². The third kappa shape index (κ3) is 5.17. The van der Waals surface area contributed by atoms with Crippen molar-refractivity contribution in [1.29, 1.82) is 0 Å². The molecule has 0 bridgehead atoms. The molecule has 1 amide bonds. The zero-order valence-corrected chi connectivity index (χ0v) is 15.0. The summed E-state index contributed by atoms with van der Waals surface area (Å²) in [5, 5.41) is 2.89. The van der Waals surface area contributed by atoms with Crippen LogP contribution in [0.4, 0.5) is 13.2 Å². The van der Waals surface area contributed by atoms with E-state index in [1.165, 1.54) is 25.0 Å². The van der Waals surface area contributed by atoms with Crippen molar-refractivity contribution in [2.75, 3.05) is 19.6 Å². The number of alkyl halides is 3. The number of nitrogens with one attached hydrogen (secondary N) is 1. The average Bonchev–Trinajstić information content (AvgIpc) is 3.44. The predicted molar refractivity (Wildman–Crippen MR) is 92.5 cm³/mol. The van der Waals surface area contributed by atoms with Crippen molar-refractivity contribution in [3.8, 4) is 0 Å². The molecule has 0 radical (unpaired) electrons. The summed E-state index contributed by atoms with van der Waals surface area (Å²) in [6.45, 7) is 1.75. The van der Waals surface area contributed by atoms with E-state index in [1.54, 1.807) is 10.4 Å². The van der Waals surface area contributed by atoms with E-state index in [1.807, 2.05) is 0 Å². The Hall–Kier alpha value is -1.67. The lowest BCUT2D eigenvalue weighted by molar-refractivity contribution is -0.137. The van der Waals surface area contributed by atoms with Gasteiger partial charge in [0.15, 0.2) is 0 Å². The summed E-state index contributed by atoms with van der Waals surface area (Å²) < 4.78 is 52.1. The number of halogens is 3. The molecule has 2 fully saturated rings. The van der Waals surface area contributed by atoms with Gasteiger partial charge >= 0.3 is 6.18 Å². The lowest BCUT2D eigenvalue weighted by Gasteiger charge is -2.27. The first-order chi connectivity index (χ1) is 12.3. The third-order valence-electron chi connectivity index (χ3n) is 4.58. The van der Waals surface area contributed by atoms with Gasteiger partial charge in [-0.15, -0.1) is 0 Å². The molecule has 1 N–H and O–H groups in total. The van der Waals surface area contributed by atoms with Gasteiger partial charge in [0.05, 0.1) is 10.5 Å². The van der Waals surface area contributed by atoms with Gasteiger partial charge in [-0.05, 0) is 55.9 Å². The summed E-state index contributed by atoms with van der Waals surface area (Å²) in [4.78, 5) is 12.2. The van der Waals surface area contributed by atoms with E-state index in [0.29, 0.717) is 36.7 Å². The molecule has 4 nitrogen and oxygen atoms in total. The van der Waals surface area contributed by atoms with Crippen molar-refractivity contribution in [2.45, 2.75) is 36.8 Å². The molecule has 142 valence electrons. The van der Waals surface area contributed by atoms with Gasteiger partial charge in [0.2, 0.25) is 5.91 Å². The van der Waals surface area contributed by atoms with Crippen molar-refractivity contribution in [3.63, 3.8) is 0 Å². The van der Waals surface area contributed by atoms with Gasteiger partial charge in [-0.1, -0.05) is 5.57 Å². The molecule has 8 heteroatoms. The highest BCUT2D eigenvalue weighted by Crippen LogP contribution is 2.30. The van der Waals surface area contributed by atoms with Crippen LogP contribution in [-0.4, -0.2) is 34.1 Å². The van der Waals surface area contributed by atoms with Crippen molar-refractivity contribution in [2.24, 2.45) is 5.92 Å². The van der Waals surface area contributed by atoms with Crippen LogP contribution in [0.1, 0.15) is 31.2 Å². The maximum absolute atomic E-state index is 12.6. The van der Waals surface area contributed by atoms with Crippen LogP contribution in [-0.2, 0) is 22.0 Å². The molecule has 1 aromatic carbocycles. The molecule has 1 aliphatic heterocycles. The van der Waals surface area contributed by atoms with Crippen LogP contribution < -0.4 is 5.32 Å². The van der Waals surface area contributed by atoms with Gasteiger partial charge in [0, 0.05) is 25.7 Å². The summed E-state index contributed by atoms with van der Waals surface area (Å²) in [5.41, 5.74) is 0.262. The number of hydrogen-bond acceptors (Lipinski definition) is 2. The number of nitrogens with zero attached hydrogens (tertiary/aromatic N) is 1. The zero-order chi connectivity index (χ0) is 18.7. The molecule has 1 atom stereocenters. The molecule has 1 unspecified atom stereocenters. The maximum Gasteiger partial charge on any atom is 0.416 e. The van der Waals surface area contributed by atoms with E-state index in [0.717, 1.165) is 24.3 Å². The fourth-order valence-corrected chi connectivity index (χ4v) is 3.98. The Balaban J connectivity index is 1.52. The molecule has 1 saturated carbocycles. The normalized spacial score (nSPS) is 19.9. The highest BCUT2D eigenvalue weighted by Gasteiger charge is 2.30. The van der Waals surface area contributed by atoms with Crippen LogP contribution in [0.25, 0.3) is 0 Å². The summed E-state index contributed by atoms with van der Waals surface area (Å²) in [5.74, 6) is 0.551. The van der Waals surface area contributed by atoms with Crippen molar-refractivity contribution in [3.05, 3.63) is 41.5 Å². The highest BCUT2D eigenvalue weighted by molar-refractivity contribution is 7.82. The summed E-state index contributed by atoms with van der Waals surface area (Å²) >= 11 is 0. The van der Waals surface area contributed by atoms with Crippen LogP contribution in [0.15, 0.2) is 40.8 Å². The number of rotatable bonds is 5. The second-order valence-corrected chi connectivity index (χ2v) is 8.18. The van der Waals surface area contributed by atoms with E-state index in [4.69, 9.17) is 0 Å². The second-order valence-electron chi connectivity index (χ2n) is 6.69. The summed E-state index contributed by atoms with van der Waals surface area (Å²) in [6, 6.07) is 4.42. The quantitative estimate of drug-likeness (QED) is 0.790. The van der Waals surface area contributed by atoms with E-state index < -0.39 is 22.7 Å². The SMILES string of the molecule is O=C(C=C1CCN(S(=O)c2ccc(C(F)(F)F)cc2)CC1)NCC1CC1. The van der Waals surface area contributed by atoms with Crippen LogP contribution in [0.5, 0.6) is 0 Å². The van der Waals surface area contributed by atoms with E-state index >= 15 is 0 Å². The molecular weight excluding hydrogens is 365 g/mol. The van der Waals surface area contributed by atoms with E-state index in [-0.39, 0.29) is 5.91 Å². The minimum atomic E-state index is -4.40. The molecule has 1 aliphatic carbocycles. The predicted octanol–water partition coefficient (Wildman–Crippen LogP) is 3.28. The molecule has 1 heterocycles. The van der Waals surface area contributed by atoms with Gasteiger partial charge in [-0.2, -0.15) is 13.2 Å². The van der Waals surface area contributed by atoms with Crippen LogP contribution in [0.3, 0.4) is 0 Å². The Morgan fingerprint density at radius 1 is 1.19 bits per heavy atom. The monoisotopic (exact) mass is 386 g/mol. The maximum atomic E-state index is 12.6. The minimum absolute atomic E-state index is 0.0794. The topological polar surface area (TPSA) is 49.4 Å². The number of benzene rings is 1. The highest BCUT2D eigenvalue weighted by atomic mass is 32.2. The van der Waals surface area contributed by atoms with Gasteiger partial charge < -0.3 is 5.32 Å². The lowest BCUT2D eigenvalue weighted by Crippen LogP contribution is -2.33. The number of amides is 1. The van der Waals surface area contributed by atoms with Gasteiger partial charge in [0.25, 0.3) is 0 Å². The fourth-order valence-electron chi connectivity index (χ4n) is 2.80. The van der Waals surface area contributed by atoms with Gasteiger partial charge in [0.1, 0.15) is 11.0 Å². The van der Waals surface area contributed by atoms with Crippen molar-refractivity contribution < 1.29 is 22.2 Å². The molecule has 0 spiro atoms. The van der Waals surface area contributed by atoms with Crippen molar-refractivity contribution in [1.82, 2.24) is 9.62 Å². The summed E-state index contributed by atoms with van der Waals surface area (Å²) in [7, 11) is -1.50. The largest absolute Gasteiger partial charge is 0.416 e. The Morgan fingerprint density at radius 3 is 2.35 bits per heavy atom.